The van der Waals surface area contributed by atoms with Gasteiger partial charge in [-0.05, 0) is 92.8 Å². The van der Waals surface area contributed by atoms with Crippen LogP contribution < -0.4 is 9.47 Å². The van der Waals surface area contributed by atoms with Crippen molar-refractivity contribution >= 4 is 11.9 Å². The standard InChI is InChI=1S/C33H39NO5/c1-4-5-11-26-12-21-31(34-24-26)27-13-19-30(20-14-27)39-33(36)28-15-17-29(18-16-28)37-22-9-7-6-8-10-23-38-32(35)25(2)3/h12-21,24H,2,4-11,22-23H2,1,3H3. The van der Waals surface area contributed by atoms with Gasteiger partial charge >= 0.3 is 11.9 Å². The Labute approximate surface area is 232 Å². The van der Waals surface area contributed by atoms with Gasteiger partial charge in [0.2, 0.25) is 0 Å². The molecular formula is C33H39NO5. The topological polar surface area (TPSA) is 74.7 Å². The summed E-state index contributed by atoms with van der Waals surface area (Å²) in [5, 5.41) is 0. The van der Waals surface area contributed by atoms with Crippen molar-refractivity contribution in [1.82, 2.24) is 4.98 Å². The molecule has 0 radical (unpaired) electrons. The molecule has 2 aromatic carbocycles. The third kappa shape index (κ3) is 10.4. The molecule has 1 aromatic heterocycles. The van der Waals surface area contributed by atoms with Gasteiger partial charge in [0, 0.05) is 17.3 Å². The van der Waals surface area contributed by atoms with E-state index in [0.717, 1.165) is 62.0 Å². The number of nitrogens with zero attached hydrogens (tertiary/aromatic N) is 1. The molecule has 0 atom stereocenters. The van der Waals surface area contributed by atoms with E-state index in [2.05, 4.69) is 24.6 Å². The molecule has 0 aliphatic carbocycles. The third-order valence-electron chi connectivity index (χ3n) is 6.23. The summed E-state index contributed by atoms with van der Waals surface area (Å²) in [6.45, 7) is 8.44. The van der Waals surface area contributed by atoms with Crippen LogP contribution in [0.3, 0.4) is 0 Å². The molecule has 6 nitrogen and oxygen atoms in total. The molecule has 0 N–H and O–H groups in total. The first-order valence-electron chi connectivity index (χ1n) is 13.8. The minimum atomic E-state index is -0.415. The van der Waals surface area contributed by atoms with Crippen LogP contribution in [-0.4, -0.2) is 30.1 Å². The van der Waals surface area contributed by atoms with Gasteiger partial charge in [0.05, 0.1) is 24.5 Å². The summed E-state index contributed by atoms with van der Waals surface area (Å²) in [5.74, 6) is 0.462. The number of ether oxygens (including phenoxy) is 3. The summed E-state index contributed by atoms with van der Waals surface area (Å²) in [7, 11) is 0. The molecule has 0 aliphatic rings. The Morgan fingerprint density at radius 2 is 1.46 bits per heavy atom. The number of esters is 2. The molecule has 3 aromatic rings. The maximum absolute atomic E-state index is 12.6. The zero-order valence-electron chi connectivity index (χ0n) is 23.1. The number of aromatic nitrogens is 1. The smallest absolute Gasteiger partial charge is 0.343 e. The normalized spacial score (nSPS) is 10.6. The first-order valence-corrected chi connectivity index (χ1v) is 13.8. The van der Waals surface area contributed by atoms with Crippen LogP contribution in [0.5, 0.6) is 11.5 Å². The number of carbonyl (C=O) groups is 2. The Kier molecular flexibility index (Phi) is 12.2. The monoisotopic (exact) mass is 529 g/mol. The molecule has 39 heavy (non-hydrogen) atoms. The van der Waals surface area contributed by atoms with E-state index in [1.807, 2.05) is 24.4 Å². The molecule has 1 heterocycles. The molecule has 0 saturated heterocycles. The number of benzene rings is 2. The van der Waals surface area contributed by atoms with Crippen molar-refractivity contribution in [3.05, 3.63) is 90.1 Å². The molecule has 0 spiro atoms. The lowest BCUT2D eigenvalue weighted by molar-refractivity contribution is -0.139. The largest absolute Gasteiger partial charge is 0.494 e. The highest BCUT2D eigenvalue weighted by Gasteiger charge is 2.10. The van der Waals surface area contributed by atoms with Crippen LogP contribution in [0.4, 0.5) is 0 Å². The maximum atomic E-state index is 12.6. The average Bonchev–Trinajstić information content (AvgIpc) is 2.96. The summed E-state index contributed by atoms with van der Waals surface area (Å²) in [4.78, 5) is 28.5. The highest BCUT2D eigenvalue weighted by atomic mass is 16.5. The predicted molar refractivity (Wildman–Crippen MR) is 154 cm³/mol. The number of hydrogen-bond acceptors (Lipinski definition) is 6. The van der Waals surface area contributed by atoms with Gasteiger partial charge in [-0.1, -0.05) is 45.3 Å². The molecule has 6 heteroatoms. The Balaban J connectivity index is 1.35. The van der Waals surface area contributed by atoms with Gasteiger partial charge in [-0.2, -0.15) is 0 Å². The Morgan fingerprint density at radius 1 is 0.795 bits per heavy atom. The second-order valence-corrected chi connectivity index (χ2v) is 9.63. The molecular weight excluding hydrogens is 490 g/mol. The predicted octanol–water partition coefficient (Wildman–Crippen LogP) is 7.76. The third-order valence-corrected chi connectivity index (χ3v) is 6.23. The van der Waals surface area contributed by atoms with Gasteiger partial charge in [0.25, 0.3) is 0 Å². The van der Waals surface area contributed by atoms with Crippen molar-refractivity contribution in [1.29, 1.82) is 0 Å². The molecule has 0 unspecified atom stereocenters. The number of unbranched alkanes of at least 4 members (excludes halogenated alkanes) is 5. The van der Waals surface area contributed by atoms with Crippen LogP contribution in [0.15, 0.2) is 79.0 Å². The summed E-state index contributed by atoms with van der Waals surface area (Å²) in [6.07, 6.45) is 10.2. The summed E-state index contributed by atoms with van der Waals surface area (Å²) >= 11 is 0. The SMILES string of the molecule is C=C(C)C(=O)OCCCCCCCOc1ccc(C(=O)Oc2ccc(-c3ccc(CCCC)cn3)cc2)cc1. The fraction of sp³-hybridized carbons (Fsp3) is 0.364. The highest BCUT2D eigenvalue weighted by Crippen LogP contribution is 2.22. The van der Waals surface area contributed by atoms with Crippen LogP contribution in [0.1, 0.15) is 74.7 Å². The second kappa shape index (κ2) is 16.1. The molecule has 0 saturated carbocycles. The number of rotatable bonds is 16. The fourth-order valence-electron chi connectivity index (χ4n) is 3.88. The highest BCUT2D eigenvalue weighted by molar-refractivity contribution is 5.91. The van der Waals surface area contributed by atoms with E-state index in [1.165, 1.54) is 12.0 Å². The molecule has 0 bridgehead atoms. The zero-order chi connectivity index (χ0) is 27.9. The van der Waals surface area contributed by atoms with Crippen molar-refractivity contribution in [2.45, 2.75) is 65.2 Å². The summed E-state index contributed by atoms with van der Waals surface area (Å²) < 4.78 is 16.4. The van der Waals surface area contributed by atoms with Crippen molar-refractivity contribution in [2.24, 2.45) is 0 Å². The Hall–Kier alpha value is -3.93. The first kappa shape index (κ1) is 29.6. The van der Waals surface area contributed by atoms with Crippen LogP contribution in [0.2, 0.25) is 0 Å². The molecule has 0 amide bonds. The molecule has 0 fully saturated rings. The lowest BCUT2D eigenvalue weighted by Crippen LogP contribution is -2.08. The van der Waals surface area contributed by atoms with Crippen LogP contribution in [0.25, 0.3) is 11.3 Å². The van der Waals surface area contributed by atoms with E-state index in [4.69, 9.17) is 14.2 Å². The zero-order valence-corrected chi connectivity index (χ0v) is 23.1. The van der Waals surface area contributed by atoms with Gasteiger partial charge in [0.1, 0.15) is 11.5 Å². The van der Waals surface area contributed by atoms with Gasteiger partial charge < -0.3 is 14.2 Å². The minimum absolute atomic E-state index is 0.325. The number of carbonyl (C=O) groups excluding carboxylic acids is 2. The van der Waals surface area contributed by atoms with E-state index in [-0.39, 0.29) is 5.97 Å². The molecule has 206 valence electrons. The molecule has 3 rings (SSSR count). The minimum Gasteiger partial charge on any atom is -0.494 e. The van der Waals surface area contributed by atoms with E-state index in [9.17, 15) is 9.59 Å². The van der Waals surface area contributed by atoms with Gasteiger partial charge in [-0.15, -0.1) is 0 Å². The van der Waals surface area contributed by atoms with Crippen LogP contribution in [-0.2, 0) is 16.0 Å². The second-order valence-electron chi connectivity index (χ2n) is 9.63. The van der Waals surface area contributed by atoms with E-state index in [1.54, 1.807) is 43.3 Å². The van der Waals surface area contributed by atoms with Crippen molar-refractivity contribution < 1.29 is 23.8 Å². The summed E-state index contributed by atoms with van der Waals surface area (Å²) in [6, 6.07) is 18.5. The van der Waals surface area contributed by atoms with E-state index in [0.29, 0.717) is 30.1 Å². The van der Waals surface area contributed by atoms with Crippen LogP contribution >= 0.6 is 0 Å². The average molecular weight is 530 g/mol. The summed E-state index contributed by atoms with van der Waals surface area (Å²) in [5.41, 5.74) is 4.01. The Bertz CT molecular complexity index is 1180. The van der Waals surface area contributed by atoms with Gasteiger partial charge in [-0.25, -0.2) is 9.59 Å². The lowest BCUT2D eigenvalue weighted by atomic mass is 10.1. The van der Waals surface area contributed by atoms with Crippen molar-refractivity contribution in [3.63, 3.8) is 0 Å². The fourth-order valence-corrected chi connectivity index (χ4v) is 3.88. The Morgan fingerprint density at radius 3 is 2.10 bits per heavy atom. The number of aryl methyl sites for hydroxylation is 1. The van der Waals surface area contributed by atoms with Crippen molar-refractivity contribution in [3.8, 4) is 22.8 Å². The quantitative estimate of drug-likeness (QED) is 0.0817. The van der Waals surface area contributed by atoms with Gasteiger partial charge in [0.15, 0.2) is 0 Å². The van der Waals surface area contributed by atoms with Gasteiger partial charge in [-0.3, -0.25) is 4.98 Å². The number of hydrogen-bond donors (Lipinski definition) is 0. The first-order chi connectivity index (χ1) is 19.0. The van der Waals surface area contributed by atoms with E-state index >= 15 is 0 Å². The maximum Gasteiger partial charge on any atom is 0.343 e. The van der Waals surface area contributed by atoms with Crippen molar-refractivity contribution in [2.75, 3.05) is 13.2 Å². The number of pyridine rings is 1. The van der Waals surface area contributed by atoms with E-state index < -0.39 is 5.97 Å². The van der Waals surface area contributed by atoms with Crippen LogP contribution in [0, 0.1) is 0 Å². The lowest BCUT2D eigenvalue weighted by Gasteiger charge is -2.08. The molecule has 0 aliphatic heterocycles.